The van der Waals surface area contributed by atoms with Crippen molar-refractivity contribution in [3.05, 3.63) is 73.1 Å². The van der Waals surface area contributed by atoms with Crippen LogP contribution in [0.2, 0.25) is 10.0 Å². The highest BCUT2D eigenvalue weighted by atomic mass is 79.9. The molecule has 1 aromatic heterocycles. The van der Waals surface area contributed by atoms with Gasteiger partial charge in [-0.2, -0.15) is 0 Å². The van der Waals surface area contributed by atoms with Crippen LogP contribution in [0.25, 0.3) is 0 Å². The Morgan fingerprint density at radius 2 is 1.89 bits per heavy atom. The summed E-state index contributed by atoms with van der Waals surface area (Å²) in [4.78, 5) is 24.4. The predicted molar refractivity (Wildman–Crippen MR) is 115 cm³/mol. The number of amides is 2. The first kappa shape index (κ1) is 20.7. The van der Waals surface area contributed by atoms with E-state index in [9.17, 15) is 9.59 Å². The third-order valence-electron chi connectivity index (χ3n) is 3.57. The van der Waals surface area contributed by atoms with Crippen LogP contribution in [-0.4, -0.2) is 28.6 Å². The molecule has 0 radical (unpaired) electrons. The lowest BCUT2D eigenvalue weighted by Gasteiger charge is -2.04. The maximum absolute atomic E-state index is 12.3. The standard InChI is InChI=1S/C18H13BrCl2N4O2S/c19-11-3-1-2-10(8-11)16(26)22-7-6-15-24-25-18(28-15)23-17(27)13-5-4-12(20)9-14(13)21/h1-5,8-9H,6-7H2,(H,22,26)(H,23,25,27). The number of aromatic nitrogens is 2. The molecule has 1 heterocycles. The van der Waals surface area contributed by atoms with Crippen LogP contribution < -0.4 is 10.6 Å². The fourth-order valence-corrected chi connectivity index (χ4v) is 3.89. The third kappa shape index (κ3) is 5.51. The predicted octanol–water partition coefficient (Wildman–Crippen LogP) is 4.83. The lowest BCUT2D eigenvalue weighted by Crippen LogP contribution is -2.25. The molecular weight excluding hydrogens is 487 g/mol. The lowest BCUT2D eigenvalue weighted by molar-refractivity contribution is 0.0953. The van der Waals surface area contributed by atoms with Gasteiger partial charge < -0.3 is 5.32 Å². The van der Waals surface area contributed by atoms with Gasteiger partial charge in [-0.1, -0.05) is 56.5 Å². The minimum absolute atomic E-state index is 0.170. The number of hydrogen-bond acceptors (Lipinski definition) is 5. The Labute approximate surface area is 183 Å². The third-order valence-corrected chi connectivity index (χ3v) is 5.51. The van der Waals surface area contributed by atoms with Crippen molar-refractivity contribution >= 4 is 67.4 Å². The minimum atomic E-state index is -0.396. The van der Waals surface area contributed by atoms with Gasteiger partial charge in [0.25, 0.3) is 11.8 Å². The molecule has 3 rings (SSSR count). The molecule has 0 aliphatic carbocycles. The first-order chi connectivity index (χ1) is 13.4. The number of carbonyl (C=O) groups is 2. The largest absolute Gasteiger partial charge is 0.352 e. The van der Waals surface area contributed by atoms with Gasteiger partial charge in [-0.05, 0) is 36.4 Å². The van der Waals surface area contributed by atoms with Crippen molar-refractivity contribution in [1.82, 2.24) is 15.5 Å². The van der Waals surface area contributed by atoms with Gasteiger partial charge in [0.1, 0.15) is 5.01 Å². The van der Waals surface area contributed by atoms with Gasteiger partial charge in [0, 0.05) is 28.0 Å². The number of nitrogens with zero attached hydrogens (tertiary/aromatic N) is 2. The normalized spacial score (nSPS) is 10.5. The summed E-state index contributed by atoms with van der Waals surface area (Å²) in [5.41, 5.74) is 0.864. The summed E-state index contributed by atoms with van der Waals surface area (Å²) in [5, 5.41) is 15.2. The molecule has 28 heavy (non-hydrogen) atoms. The number of benzene rings is 2. The van der Waals surface area contributed by atoms with E-state index in [2.05, 4.69) is 36.8 Å². The van der Waals surface area contributed by atoms with E-state index in [1.54, 1.807) is 30.3 Å². The van der Waals surface area contributed by atoms with Gasteiger partial charge in [-0.3, -0.25) is 14.9 Å². The molecule has 0 atom stereocenters. The second kappa shape index (κ2) is 9.47. The fourth-order valence-electron chi connectivity index (χ4n) is 2.26. The highest BCUT2D eigenvalue weighted by Gasteiger charge is 2.14. The van der Waals surface area contributed by atoms with Gasteiger partial charge in [0.15, 0.2) is 0 Å². The molecule has 0 fully saturated rings. The molecule has 0 saturated carbocycles. The van der Waals surface area contributed by atoms with Crippen molar-refractivity contribution in [2.75, 3.05) is 11.9 Å². The van der Waals surface area contributed by atoms with E-state index in [0.29, 0.717) is 39.3 Å². The molecule has 144 valence electrons. The topological polar surface area (TPSA) is 84.0 Å². The zero-order valence-corrected chi connectivity index (χ0v) is 18.1. The second-order valence-electron chi connectivity index (χ2n) is 5.60. The number of halogens is 3. The van der Waals surface area contributed by atoms with E-state index >= 15 is 0 Å². The number of hydrogen-bond donors (Lipinski definition) is 2. The molecule has 3 aromatic rings. The highest BCUT2D eigenvalue weighted by molar-refractivity contribution is 9.10. The smallest absolute Gasteiger partial charge is 0.259 e. The van der Waals surface area contributed by atoms with E-state index in [4.69, 9.17) is 23.2 Å². The molecule has 0 saturated heterocycles. The summed E-state index contributed by atoms with van der Waals surface area (Å²) in [6, 6.07) is 11.8. The number of anilines is 1. The van der Waals surface area contributed by atoms with Gasteiger partial charge in [-0.15, -0.1) is 10.2 Å². The van der Waals surface area contributed by atoms with Crippen molar-refractivity contribution in [2.45, 2.75) is 6.42 Å². The number of nitrogens with one attached hydrogen (secondary N) is 2. The first-order valence-electron chi connectivity index (χ1n) is 8.05. The first-order valence-corrected chi connectivity index (χ1v) is 10.4. The van der Waals surface area contributed by atoms with Crippen molar-refractivity contribution in [2.24, 2.45) is 0 Å². The molecular formula is C18H13BrCl2N4O2S. The average Bonchev–Trinajstić information content (AvgIpc) is 3.08. The molecule has 10 heteroatoms. The van der Waals surface area contributed by atoms with E-state index in [-0.39, 0.29) is 10.9 Å². The van der Waals surface area contributed by atoms with Gasteiger partial charge in [0.2, 0.25) is 5.13 Å². The summed E-state index contributed by atoms with van der Waals surface area (Å²) < 4.78 is 0.838. The number of rotatable bonds is 6. The molecule has 0 unspecified atom stereocenters. The molecule has 2 amide bonds. The van der Waals surface area contributed by atoms with Crippen molar-refractivity contribution in [1.29, 1.82) is 0 Å². The van der Waals surface area contributed by atoms with Gasteiger partial charge >= 0.3 is 0 Å². The molecule has 0 aliphatic heterocycles. The maximum Gasteiger partial charge on any atom is 0.259 e. The van der Waals surface area contributed by atoms with Crippen LogP contribution in [0, 0.1) is 0 Å². The Morgan fingerprint density at radius 1 is 1.07 bits per heavy atom. The second-order valence-corrected chi connectivity index (χ2v) is 8.42. The van der Waals surface area contributed by atoms with E-state index < -0.39 is 5.91 Å². The summed E-state index contributed by atoms with van der Waals surface area (Å²) in [5.74, 6) is -0.566. The summed E-state index contributed by atoms with van der Waals surface area (Å²) >= 11 is 16.4. The Morgan fingerprint density at radius 3 is 2.64 bits per heavy atom. The molecule has 2 aromatic carbocycles. The maximum atomic E-state index is 12.3. The average molecular weight is 500 g/mol. The van der Waals surface area contributed by atoms with Crippen molar-refractivity contribution in [3.8, 4) is 0 Å². The van der Waals surface area contributed by atoms with Gasteiger partial charge in [0.05, 0.1) is 10.6 Å². The van der Waals surface area contributed by atoms with Crippen LogP contribution >= 0.6 is 50.5 Å². The Hall–Kier alpha value is -2.00. The Kier molecular flexibility index (Phi) is 7.01. The summed E-state index contributed by atoms with van der Waals surface area (Å²) in [6.07, 6.45) is 0.495. The monoisotopic (exact) mass is 498 g/mol. The summed E-state index contributed by atoms with van der Waals surface area (Å²) in [7, 11) is 0. The fraction of sp³-hybridized carbons (Fsp3) is 0.111. The van der Waals surface area contributed by atoms with E-state index in [1.807, 2.05) is 6.07 Å². The highest BCUT2D eigenvalue weighted by Crippen LogP contribution is 2.23. The van der Waals surface area contributed by atoms with Crippen LogP contribution in [-0.2, 0) is 6.42 Å². The minimum Gasteiger partial charge on any atom is -0.352 e. The van der Waals surface area contributed by atoms with Crippen LogP contribution in [0.4, 0.5) is 5.13 Å². The zero-order valence-electron chi connectivity index (χ0n) is 14.2. The Balaban J connectivity index is 1.52. The summed E-state index contributed by atoms with van der Waals surface area (Å²) in [6.45, 7) is 0.400. The molecule has 0 spiro atoms. The van der Waals surface area contributed by atoms with Crippen LogP contribution in [0.5, 0.6) is 0 Å². The quantitative estimate of drug-likeness (QED) is 0.508. The van der Waals surface area contributed by atoms with Gasteiger partial charge in [-0.25, -0.2) is 0 Å². The molecule has 6 nitrogen and oxygen atoms in total. The molecule has 0 bridgehead atoms. The van der Waals surface area contributed by atoms with Crippen molar-refractivity contribution in [3.63, 3.8) is 0 Å². The van der Waals surface area contributed by atoms with Crippen LogP contribution in [0.3, 0.4) is 0 Å². The van der Waals surface area contributed by atoms with Crippen molar-refractivity contribution < 1.29 is 9.59 Å². The SMILES string of the molecule is O=C(NCCc1nnc(NC(=O)c2ccc(Cl)cc2Cl)s1)c1cccc(Br)c1. The Bertz CT molecular complexity index is 1030. The van der Waals surface area contributed by atoms with E-state index in [1.165, 1.54) is 17.4 Å². The number of carbonyl (C=O) groups excluding carboxylic acids is 2. The molecule has 2 N–H and O–H groups in total. The molecule has 0 aliphatic rings. The zero-order chi connectivity index (χ0) is 20.1. The van der Waals surface area contributed by atoms with Crippen LogP contribution in [0.15, 0.2) is 46.9 Å². The van der Waals surface area contributed by atoms with Crippen LogP contribution in [0.1, 0.15) is 25.7 Å². The lowest BCUT2D eigenvalue weighted by atomic mass is 10.2. The van der Waals surface area contributed by atoms with E-state index in [0.717, 1.165) is 4.47 Å².